The molecule has 1 fully saturated rings. The Kier molecular flexibility index (Phi) is 4.88. The summed E-state index contributed by atoms with van der Waals surface area (Å²) < 4.78 is 5.40. The van der Waals surface area contributed by atoms with E-state index >= 15 is 0 Å². The highest BCUT2D eigenvalue weighted by atomic mass is 16.5. The Labute approximate surface area is 143 Å². The third kappa shape index (κ3) is 3.45. The van der Waals surface area contributed by atoms with Crippen molar-refractivity contribution >= 4 is 5.91 Å². The fraction of sp³-hybridized carbons (Fsp3) is 0.474. The molecule has 1 atom stereocenters. The molecule has 1 saturated heterocycles. The van der Waals surface area contributed by atoms with Crippen LogP contribution in [0.4, 0.5) is 0 Å². The number of H-pyrrole nitrogens is 1. The maximum atomic E-state index is 12.8. The van der Waals surface area contributed by atoms with Crippen molar-refractivity contribution in [3.8, 4) is 5.75 Å². The molecule has 1 aliphatic rings. The summed E-state index contributed by atoms with van der Waals surface area (Å²) in [4.78, 5) is 14.8. The van der Waals surface area contributed by atoms with Gasteiger partial charge >= 0.3 is 0 Å². The van der Waals surface area contributed by atoms with Gasteiger partial charge in [-0.25, -0.2) is 0 Å². The summed E-state index contributed by atoms with van der Waals surface area (Å²) in [7, 11) is 1.65. The molecule has 0 radical (unpaired) electrons. The number of aromatic nitrogens is 2. The quantitative estimate of drug-likeness (QED) is 0.939. The van der Waals surface area contributed by atoms with Crippen LogP contribution >= 0.6 is 0 Å². The molecule has 0 bridgehead atoms. The number of methoxy groups -OCH3 is 1. The predicted octanol–water partition coefficient (Wildman–Crippen LogP) is 2.98. The van der Waals surface area contributed by atoms with Crippen molar-refractivity contribution in [2.75, 3.05) is 20.2 Å². The van der Waals surface area contributed by atoms with Gasteiger partial charge in [-0.2, -0.15) is 5.10 Å². The number of amides is 1. The van der Waals surface area contributed by atoms with E-state index in [-0.39, 0.29) is 5.91 Å². The second kappa shape index (κ2) is 7.07. The van der Waals surface area contributed by atoms with Gasteiger partial charge in [0.05, 0.1) is 19.7 Å². The zero-order valence-electron chi connectivity index (χ0n) is 14.6. The first-order valence-electron chi connectivity index (χ1n) is 8.49. The van der Waals surface area contributed by atoms with E-state index in [9.17, 15) is 4.79 Å². The molecule has 1 aromatic carbocycles. The van der Waals surface area contributed by atoms with Gasteiger partial charge in [0.25, 0.3) is 0 Å². The average molecular weight is 327 g/mol. The molecule has 1 aromatic heterocycles. The SMILES string of the molecule is COc1ccc(C)cc1CC(=O)N1CCCC(c2[nH]ncc2C)C1. The number of carbonyl (C=O) groups is 1. The van der Waals surface area contributed by atoms with E-state index in [4.69, 9.17) is 4.74 Å². The zero-order valence-corrected chi connectivity index (χ0v) is 14.6. The van der Waals surface area contributed by atoms with Crippen LogP contribution in [-0.2, 0) is 11.2 Å². The number of likely N-dealkylation sites (tertiary alicyclic amines) is 1. The third-order valence-electron chi connectivity index (χ3n) is 4.83. The van der Waals surface area contributed by atoms with Crippen LogP contribution in [0.1, 0.15) is 41.1 Å². The van der Waals surface area contributed by atoms with Crippen LogP contribution in [0, 0.1) is 13.8 Å². The molecule has 2 heterocycles. The molecule has 1 amide bonds. The molecule has 24 heavy (non-hydrogen) atoms. The summed E-state index contributed by atoms with van der Waals surface area (Å²) in [5.74, 6) is 1.30. The molecule has 0 saturated carbocycles. The standard InChI is InChI=1S/C19H25N3O2/c1-13-6-7-17(24-3)16(9-13)10-18(23)22-8-4-5-15(12-22)19-14(2)11-20-21-19/h6-7,9,11,15H,4-5,8,10,12H2,1-3H3,(H,20,21). The minimum Gasteiger partial charge on any atom is -0.496 e. The van der Waals surface area contributed by atoms with Crippen LogP contribution in [0.25, 0.3) is 0 Å². The maximum absolute atomic E-state index is 12.8. The lowest BCUT2D eigenvalue weighted by Crippen LogP contribution is -2.40. The number of piperidine rings is 1. The van der Waals surface area contributed by atoms with Gasteiger partial charge < -0.3 is 9.64 Å². The number of carbonyl (C=O) groups excluding carboxylic acids is 1. The number of nitrogens with zero attached hydrogens (tertiary/aromatic N) is 2. The third-order valence-corrected chi connectivity index (χ3v) is 4.83. The monoisotopic (exact) mass is 327 g/mol. The number of aromatic amines is 1. The largest absolute Gasteiger partial charge is 0.496 e. The van der Waals surface area contributed by atoms with Gasteiger partial charge in [0.2, 0.25) is 5.91 Å². The summed E-state index contributed by atoms with van der Waals surface area (Å²) in [6.07, 6.45) is 4.37. The lowest BCUT2D eigenvalue weighted by atomic mass is 9.92. The summed E-state index contributed by atoms with van der Waals surface area (Å²) in [5.41, 5.74) is 4.45. The second-order valence-corrected chi connectivity index (χ2v) is 6.64. The van der Waals surface area contributed by atoms with Gasteiger partial charge in [0.15, 0.2) is 0 Å². The zero-order chi connectivity index (χ0) is 17.1. The van der Waals surface area contributed by atoms with Crippen LogP contribution in [0.2, 0.25) is 0 Å². The Bertz CT molecular complexity index is 723. The van der Waals surface area contributed by atoms with E-state index in [1.807, 2.05) is 36.2 Å². The van der Waals surface area contributed by atoms with Crippen molar-refractivity contribution in [2.45, 2.75) is 39.0 Å². The molecular formula is C19H25N3O2. The van der Waals surface area contributed by atoms with Crippen molar-refractivity contribution in [1.82, 2.24) is 15.1 Å². The van der Waals surface area contributed by atoms with Crippen molar-refractivity contribution in [1.29, 1.82) is 0 Å². The van der Waals surface area contributed by atoms with Crippen molar-refractivity contribution in [3.05, 3.63) is 46.8 Å². The summed E-state index contributed by atoms with van der Waals surface area (Å²) in [6, 6.07) is 5.98. The highest BCUT2D eigenvalue weighted by Crippen LogP contribution is 2.28. The lowest BCUT2D eigenvalue weighted by molar-refractivity contribution is -0.131. The lowest BCUT2D eigenvalue weighted by Gasteiger charge is -2.33. The van der Waals surface area contributed by atoms with Crippen molar-refractivity contribution in [2.24, 2.45) is 0 Å². The molecular weight excluding hydrogens is 302 g/mol. The Morgan fingerprint density at radius 3 is 2.96 bits per heavy atom. The van der Waals surface area contributed by atoms with Crippen LogP contribution < -0.4 is 4.74 Å². The number of aryl methyl sites for hydroxylation is 2. The normalized spacial score (nSPS) is 17.8. The minimum atomic E-state index is 0.167. The van der Waals surface area contributed by atoms with Gasteiger partial charge in [-0.05, 0) is 38.3 Å². The first-order valence-corrected chi connectivity index (χ1v) is 8.49. The number of nitrogens with one attached hydrogen (secondary N) is 1. The molecule has 2 aromatic rings. The first-order chi connectivity index (χ1) is 11.6. The number of hydrogen-bond acceptors (Lipinski definition) is 3. The topological polar surface area (TPSA) is 58.2 Å². The fourth-order valence-corrected chi connectivity index (χ4v) is 3.53. The smallest absolute Gasteiger partial charge is 0.227 e. The number of benzene rings is 1. The summed E-state index contributed by atoms with van der Waals surface area (Å²) in [5, 5.41) is 7.22. The molecule has 1 N–H and O–H groups in total. The molecule has 1 unspecified atom stereocenters. The minimum absolute atomic E-state index is 0.167. The summed E-state index contributed by atoms with van der Waals surface area (Å²) in [6.45, 7) is 5.69. The Morgan fingerprint density at radius 1 is 1.42 bits per heavy atom. The van der Waals surface area contributed by atoms with Gasteiger partial charge in [0, 0.05) is 30.3 Å². The van der Waals surface area contributed by atoms with Crippen LogP contribution in [0.15, 0.2) is 24.4 Å². The fourth-order valence-electron chi connectivity index (χ4n) is 3.53. The Morgan fingerprint density at radius 2 is 2.25 bits per heavy atom. The Hall–Kier alpha value is -2.30. The second-order valence-electron chi connectivity index (χ2n) is 6.64. The predicted molar refractivity (Wildman–Crippen MR) is 93.3 cm³/mol. The van der Waals surface area contributed by atoms with Crippen LogP contribution in [-0.4, -0.2) is 41.2 Å². The Balaban J connectivity index is 1.71. The molecule has 3 rings (SSSR count). The molecule has 0 aliphatic carbocycles. The van der Waals surface area contributed by atoms with Crippen molar-refractivity contribution < 1.29 is 9.53 Å². The van der Waals surface area contributed by atoms with E-state index in [1.165, 1.54) is 11.3 Å². The summed E-state index contributed by atoms with van der Waals surface area (Å²) >= 11 is 0. The number of rotatable bonds is 4. The van der Waals surface area contributed by atoms with E-state index in [0.717, 1.165) is 42.8 Å². The van der Waals surface area contributed by atoms with Crippen LogP contribution in [0.5, 0.6) is 5.75 Å². The molecule has 5 nitrogen and oxygen atoms in total. The first kappa shape index (κ1) is 16.6. The maximum Gasteiger partial charge on any atom is 0.227 e. The highest BCUT2D eigenvalue weighted by Gasteiger charge is 2.27. The van der Waals surface area contributed by atoms with Gasteiger partial charge in [0.1, 0.15) is 5.75 Å². The highest BCUT2D eigenvalue weighted by molar-refractivity contribution is 5.79. The van der Waals surface area contributed by atoms with Crippen molar-refractivity contribution in [3.63, 3.8) is 0 Å². The molecule has 5 heteroatoms. The van der Waals surface area contributed by atoms with Crippen LogP contribution in [0.3, 0.4) is 0 Å². The van der Waals surface area contributed by atoms with Gasteiger partial charge in [-0.1, -0.05) is 17.7 Å². The average Bonchev–Trinajstić information content (AvgIpc) is 3.01. The number of hydrogen-bond donors (Lipinski definition) is 1. The van der Waals surface area contributed by atoms with E-state index in [0.29, 0.717) is 12.3 Å². The van der Waals surface area contributed by atoms with E-state index in [1.54, 1.807) is 7.11 Å². The van der Waals surface area contributed by atoms with Gasteiger partial charge in [-0.3, -0.25) is 9.89 Å². The molecule has 0 spiro atoms. The molecule has 1 aliphatic heterocycles. The number of ether oxygens (including phenoxy) is 1. The van der Waals surface area contributed by atoms with E-state index in [2.05, 4.69) is 17.1 Å². The molecule has 128 valence electrons. The van der Waals surface area contributed by atoms with E-state index < -0.39 is 0 Å². The van der Waals surface area contributed by atoms with Gasteiger partial charge in [-0.15, -0.1) is 0 Å².